The van der Waals surface area contributed by atoms with Crippen LogP contribution in [0.4, 0.5) is 4.79 Å². The Labute approximate surface area is 103 Å². The molecule has 0 spiro atoms. The van der Waals surface area contributed by atoms with Gasteiger partial charge in [-0.1, -0.05) is 0 Å². The van der Waals surface area contributed by atoms with Crippen LogP contribution >= 0.6 is 0 Å². The molecule has 1 aromatic heterocycles. The molecule has 0 fully saturated rings. The summed E-state index contributed by atoms with van der Waals surface area (Å²) in [5, 5.41) is 13.1. The molecule has 0 aliphatic rings. The molecule has 8 nitrogen and oxygen atoms in total. The fraction of sp³-hybridized carbons (Fsp3) is 0.200. The third-order valence-electron chi connectivity index (χ3n) is 1.94. The Morgan fingerprint density at radius 1 is 1.56 bits per heavy atom. The lowest BCUT2D eigenvalue weighted by atomic mass is 10.1. The third-order valence-corrected chi connectivity index (χ3v) is 1.94. The SMILES string of the molecule is CN(C)C(=O)c1c(O)ccnc1C=NNC(N)=O. The van der Waals surface area contributed by atoms with Crippen molar-refractivity contribution in [3.63, 3.8) is 0 Å². The van der Waals surface area contributed by atoms with E-state index in [2.05, 4.69) is 10.1 Å². The average molecular weight is 251 g/mol. The number of nitrogens with one attached hydrogen (secondary N) is 1. The number of urea groups is 1. The van der Waals surface area contributed by atoms with Crippen molar-refractivity contribution in [1.29, 1.82) is 0 Å². The zero-order valence-electron chi connectivity index (χ0n) is 9.91. The molecule has 0 atom stereocenters. The van der Waals surface area contributed by atoms with Crippen molar-refractivity contribution >= 4 is 18.2 Å². The standard InChI is InChI=1S/C10H13N5O3/c1-15(2)9(17)8-6(5-13-14-10(11)18)12-4-3-7(8)16/h3-5H,1-2H3,(H,12,16)(H3,11,14,18). The predicted octanol–water partition coefficient (Wildman–Crippen LogP) is -0.509. The Kier molecular flexibility index (Phi) is 4.19. The van der Waals surface area contributed by atoms with E-state index >= 15 is 0 Å². The lowest BCUT2D eigenvalue weighted by Gasteiger charge is -2.12. The Morgan fingerprint density at radius 2 is 2.22 bits per heavy atom. The minimum atomic E-state index is -0.841. The van der Waals surface area contributed by atoms with Gasteiger partial charge in [-0.3, -0.25) is 9.78 Å². The fourth-order valence-electron chi connectivity index (χ4n) is 1.16. The topological polar surface area (TPSA) is 121 Å². The number of rotatable bonds is 3. The van der Waals surface area contributed by atoms with Crippen LogP contribution in [-0.2, 0) is 0 Å². The van der Waals surface area contributed by atoms with Gasteiger partial charge >= 0.3 is 6.03 Å². The summed E-state index contributed by atoms with van der Waals surface area (Å²) in [5.41, 5.74) is 6.92. The molecule has 96 valence electrons. The van der Waals surface area contributed by atoms with E-state index < -0.39 is 11.9 Å². The first-order valence-electron chi connectivity index (χ1n) is 4.91. The number of aromatic nitrogens is 1. The van der Waals surface area contributed by atoms with Crippen LogP contribution < -0.4 is 11.2 Å². The minimum absolute atomic E-state index is 0.00230. The molecule has 0 unspecified atom stereocenters. The number of nitrogens with zero attached hydrogens (tertiary/aromatic N) is 3. The lowest BCUT2D eigenvalue weighted by molar-refractivity contribution is 0.0824. The average Bonchev–Trinajstić information content (AvgIpc) is 2.27. The van der Waals surface area contributed by atoms with Gasteiger partial charge in [0.2, 0.25) is 0 Å². The number of primary amides is 1. The van der Waals surface area contributed by atoms with Crippen LogP contribution in [0.1, 0.15) is 16.1 Å². The van der Waals surface area contributed by atoms with E-state index in [1.807, 2.05) is 5.43 Å². The number of nitrogens with two attached hydrogens (primary N) is 1. The van der Waals surface area contributed by atoms with Crippen LogP contribution in [0, 0.1) is 0 Å². The summed E-state index contributed by atoms with van der Waals surface area (Å²) in [5.74, 6) is -0.648. The molecule has 4 N–H and O–H groups in total. The molecule has 0 saturated heterocycles. The van der Waals surface area contributed by atoms with E-state index in [0.717, 1.165) is 6.21 Å². The van der Waals surface area contributed by atoms with Crippen molar-refractivity contribution < 1.29 is 14.7 Å². The minimum Gasteiger partial charge on any atom is -0.507 e. The van der Waals surface area contributed by atoms with Crippen LogP contribution in [-0.4, -0.2) is 47.2 Å². The third kappa shape index (κ3) is 3.17. The van der Waals surface area contributed by atoms with E-state index in [1.54, 1.807) is 0 Å². The highest BCUT2D eigenvalue weighted by molar-refractivity contribution is 6.03. The predicted molar refractivity (Wildman–Crippen MR) is 64.2 cm³/mol. The maximum atomic E-state index is 11.8. The van der Waals surface area contributed by atoms with Gasteiger partial charge in [0.15, 0.2) is 0 Å². The van der Waals surface area contributed by atoms with E-state index in [0.29, 0.717) is 0 Å². The summed E-state index contributed by atoms with van der Waals surface area (Å²) in [6.07, 6.45) is 2.44. The van der Waals surface area contributed by atoms with Crippen molar-refractivity contribution in [1.82, 2.24) is 15.3 Å². The first kappa shape index (κ1) is 13.4. The smallest absolute Gasteiger partial charge is 0.332 e. The summed E-state index contributed by atoms with van der Waals surface area (Å²) in [6.45, 7) is 0. The molecule has 18 heavy (non-hydrogen) atoms. The molecule has 0 aliphatic heterocycles. The van der Waals surface area contributed by atoms with Gasteiger partial charge in [0.1, 0.15) is 11.3 Å². The number of aromatic hydroxyl groups is 1. The van der Waals surface area contributed by atoms with Crippen molar-refractivity contribution in [3.05, 3.63) is 23.5 Å². The van der Waals surface area contributed by atoms with Gasteiger partial charge < -0.3 is 15.7 Å². The zero-order chi connectivity index (χ0) is 13.7. The Hall–Kier alpha value is -2.64. The Bertz CT molecular complexity index is 498. The molecule has 0 saturated carbocycles. The summed E-state index contributed by atoms with van der Waals surface area (Å²) < 4.78 is 0. The summed E-state index contributed by atoms with van der Waals surface area (Å²) in [6, 6.07) is 0.446. The van der Waals surface area contributed by atoms with Gasteiger partial charge in [-0.2, -0.15) is 5.10 Å². The molecule has 0 radical (unpaired) electrons. The van der Waals surface area contributed by atoms with Gasteiger partial charge in [-0.15, -0.1) is 0 Å². The molecule has 3 amide bonds. The zero-order valence-corrected chi connectivity index (χ0v) is 9.91. The molecular weight excluding hydrogens is 238 g/mol. The summed E-state index contributed by atoms with van der Waals surface area (Å²) in [7, 11) is 3.08. The maximum absolute atomic E-state index is 11.8. The number of carbonyl (C=O) groups excluding carboxylic acids is 2. The molecule has 1 rings (SSSR count). The second-order valence-electron chi connectivity index (χ2n) is 3.52. The van der Waals surface area contributed by atoms with Gasteiger partial charge in [-0.05, 0) is 6.07 Å². The first-order valence-corrected chi connectivity index (χ1v) is 4.91. The highest BCUT2D eigenvalue weighted by Gasteiger charge is 2.18. The highest BCUT2D eigenvalue weighted by Crippen LogP contribution is 2.19. The molecule has 0 bridgehead atoms. The summed E-state index contributed by atoms with van der Waals surface area (Å²) in [4.78, 5) is 27.4. The number of amides is 3. The second-order valence-corrected chi connectivity index (χ2v) is 3.52. The van der Waals surface area contributed by atoms with Crippen LogP contribution in [0.2, 0.25) is 0 Å². The molecule has 8 heteroatoms. The Balaban J connectivity index is 3.12. The van der Waals surface area contributed by atoms with E-state index in [-0.39, 0.29) is 17.0 Å². The van der Waals surface area contributed by atoms with Gasteiger partial charge in [0.05, 0.1) is 11.9 Å². The number of carbonyl (C=O) groups is 2. The van der Waals surface area contributed by atoms with E-state index in [9.17, 15) is 14.7 Å². The number of pyridine rings is 1. The number of hydrogen-bond acceptors (Lipinski definition) is 5. The van der Waals surface area contributed by atoms with Crippen LogP contribution in [0.15, 0.2) is 17.4 Å². The largest absolute Gasteiger partial charge is 0.507 e. The fourth-order valence-corrected chi connectivity index (χ4v) is 1.16. The van der Waals surface area contributed by atoms with Crippen molar-refractivity contribution in [2.75, 3.05) is 14.1 Å². The van der Waals surface area contributed by atoms with Gasteiger partial charge in [0.25, 0.3) is 5.91 Å². The first-order chi connectivity index (χ1) is 8.43. The van der Waals surface area contributed by atoms with Crippen molar-refractivity contribution in [3.8, 4) is 5.75 Å². The quantitative estimate of drug-likeness (QED) is 0.494. The van der Waals surface area contributed by atoms with E-state index in [4.69, 9.17) is 5.73 Å². The van der Waals surface area contributed by atoms with Crippen LogP contribution in [0.5, 0.6) is 5.75 Å². The molecule has 1 heterocycles. The van der Waals surface area contributed by atoms with Crippen LogP contribution in [0.3, 0.4) is 0 Å². The van der Waals surface area contributed by atoms with Crippen molar-refractivity contribution in [2.24, 2.45) is 10.8 Å². The molecule has 0 aliphatic carbocycles. The number of hydrazone groups is 1. The van der Waals surface area contributed by atoms with Crippen molar-refractivity contribution in [2.45, 2.75) is 0 Å². The molecular formula is C10H13N5O3. The lowest BCUT2D eigenvalue weighted by Crippen LogP contribution is -2.25. The van der Waals surface area contributed by atoms with Gasteiger partial charge in [0, 0.05) is 20.3 Å². The van der Waals surface area contributed by atoms with Crippen LogP contribution in [0.25, 0.3) is 0 Å². The van der Waals surface area contributed by atoms with Gasteiger partial charge in [-0.25, -0.2) is 10.2 Å². The molecule has 0 aromatic carbocycles. The summed E-state index contributed by atoms with van der Waals surface area (Å²) >= 11 is 0. The normalized spacial score (nSPS) is 10.3. The highest BCUT2D eigenvalue weighted by atomic mass is 16.3. The monoisotopic (exact) mass is 251 g/mol. The maximum Gasteiger partial charge on any atom is 0.332 e. The Morgan fingerprint density at radius 3 is 2.78 bits per heavy atom. The molecule has 1 aromatic rings. The second kappa shape index (κ2) is 5.62. The van der Waals surface area contributed by atoms with E-state index in [1.165, 1.54) is 31.3 Å². The number of hydrogen-bond donors (Lipinski definition) is 3.